The number of hydrogen-bond donors (Lipinski definition) is 0. The summed E-state index contributed by atoms with van der Waals surface area (Å²) >= 11 is 6.25. The summed E-state index contributed by atoms with van der Waals surface area (Å²) in [6.45, 7) is 9.18. The maximum Gasteiger partial charge on any atom is 0.214 e. The van der Waals surface area contributed by atoms with Crippen LogP contribution in [0.5, 0.6) is 0 Å². The van der Waals surface area contributed by atoms with Gasteiger partial charge < -0.3 is 0 Å². The molecule has 0 aromatic carbocycles. The van der Waals surface area contributed by atoms with E-state index in [9.17, 15) is 0 Å². The van der Waals surface area contributed by atoms with Crippen LogP contribution < -0.4 is 0 Å². The molecule has 0 heterocycles. The fourth-order valence-corrected chi connectivity index (χ4v) is 2.22. The highest BCUT2D eigenvalue weighted by atomic mass is 35.5. The van der Waals surface area contributed by atoms with E-state index in [-0.39, 0.29) is 0 Å². The maximum absolute atomic E-state index is 4.14. The largest absolute Gasteiger partial charge is 0.214 e. The Morgan fingerprint density at radius 3 is 1.46 bits per heavy atom. The highest BCUT2D eigenvalue weighted by Gasteiger charge is 1.96. The third-order valence-electron chi connectivity index (χ3n) is 1.68. The summed E-state index contributed by atoms with van der Waals surface area (Å²) in [5.41, 5.74) is 0. The van der Waals surface area contributed by atoms with Crippen LogP contribution in [0.15, 0.2) is 0 Å². The molecule has 2 radical (unpaired) electrons. The first-order valence-corrected chi connectivity index (χ1v) is 6.51. The molecule has 0 aliphatic heterocycles. The van der Waals surface area contributed by atoms with Gasteiger partial charge in [0.1, 0.15) is 0 Å². The Labute approximate surface area is 94.5 Å². The van der Waals surface area contributed by atoms with Crippen LogP contribution >= 0.6 is 23.2 Å². The molecule has 0 unspecified atom stereocenters. The molecule has 0 aromatic heterocycles. The highest BCUT2D eigenvalue weighted by Crippen LogP contribution is 2.12. The van der Waals surface area contributed by atoms with Gasteiger partial charge in [-0.2, -0.15) is 11.8 Å². The van der Waals surface area contributed by atoms with E-state index in [1.165, 1.54) is 24.3 Å². The van der Waals surface area contributed by atoms with Crippen LogP contribution in [0.4, 0.5) is 0 Å². The predicted octanol–water partition coefficient (Wildman–Crippen LogP) is 4.12. The Hall–Kier alpha value is 0.705. The number of hydrogen-bond acceptors (Lipinski definition) is 1. The van der Waals surface area contributed by atoms with Crippen molar-refractivity contribution in [1.29, 1.82) is 0 Å². The lowest BCUT2D eigenvalue weighted by molar-refractivity contribution is 0.623. The van der Waals surface area contributed by atoms with Crippen molar-refractivity contribution < 1.29 is 0 Å². The van der Waals surface area contributed by atoms with E-state index in [1.807, 2.05) is 0 Å². The van der Waals surface area contributed by atoms with Crippen LogP contribution in [0.1, 0.15) is 40.5 Å². The Morgan fingerprint density at radius 1 is 0.923 bits per heavy atom. The van der Waals surface area contributed by atoms with E-state index in [4.69, 9.17) is 0 Å². The van der Waals surface area contributed by atoms with E-state index in [2.05, 4.69) is 58.2 Å². The standard InChI is InChI=1S/C10H22S.BCl/c1-9(2)5-7-11-8-6-10(3)4;1-2/h9-10H,5-8H2,1-4H3;. The smallest absolute Gasteiger partial charge is 0.214 e. The lowest BCUT2D eigenvalue weighted by Gasteiger charge is -2.05. The summed E-state index contributed by atoms with van der Waals surface area (Å²) in [6, 6.07) is 0. The summed E-state index contributed by atoms with van der Waals surface area (Å²) < 4.78 is 0. The van der Waals surface area contributed by atoms with Gasteiger partial charge in [0.25, 0.3) is 0 Å². The van der Waals surface area contributed by atoms with Crippen molar-refractivity contribution in [2.45, 2.75) is 40.5 Å². The zero-order valence-electron chi connectivity index (χ0n) is 9.35. The molecule has 0 fully saturated rings. The Kier molecular flexibility index (Phi) is 15.8. The minimum atomic E-state index is 0.876. The molecule has 0 nitrogen and oxygen atoms in total. The molecular weight excluding hydrogens is 198 g/mol. The third-order valence-corrected chi connectivity index (χ3v) is 2.73. The van der Waals surface area contributed by atoms with E-state index >= 15 is 0 Å². The molecule has 0 saturated heterocycles. The molecule has 0 aromatic rings. The van der Waals surface area contributed by atoms with E-state index in [1.54, 1.807) is 0 Å². The zero-order chi connectivity index (χ0) is 10.7. The third kappa shape index (κ3) is 19.2. The monoisotopic (exact) mass is 220 g/mol. The summed E-state index contributed by atoms with van der Waals surface area (Å²) in [4.78, 5) is 0. The molecule has 0 spiro atoms. The second-order valence-electron chi connectivity index (χ2n) is 3.98. The molecule has 0 saturated carbocycles. The van der Waals surface area contributed by atoms with Crippen molar-refractivity contribution in [3.63, 3.8) is 0 Å². The molecule has 78 valence electrons. The fraction of sp³-hybridized carbons (Fsp3) is 1.00. The minimum absolute atomic E-state index is 0.876. The molecule has 0 bridgehead atoms. The van der Waals surface area contributed by atoms with Gasteiger partial charge in [-0.1, -0.05) is 27.7 Å². The van der Waals surface area contributed by atoms with Crippen molar-refractivity contribution >= 4 is 30.5 Å². The first-order valence-electron chi connectivity index (χ1n) is 4.92. The number of halogens is 1. The predicted molar refractivity (Wildman–Crippen MR) is 67.8 cm³/mol. The number of rotatable bonds is 6. The number of thioether (sulfide) groups is 1. The van der Waals surface area contributed by atoms with E-state index in [0.717, 1.165) is 11.8 Å². The van der Waals surface area contributed by atoms with Crippen LogP contribution in [-0.4, -0.2) is 18.8 Å². The Bertz CT molecular complexity index is 77.0. The molecule has 3 heteroatoms. The maximum atomic E-state index is 4.14. The lowest BCUT2D eigenvalue weighted by Crippen LogP contribution is -1.93. The van der Waals surface area contributed by atoms with Gasteiger partial charge in [0, 0.05) is 0 Å². The summed E-state index contributed by atoms with van der Waals surface area (Å²) in [7, 11) is 3.97. The molecule has 0 rings (SSSR count). The van der Waals surface area contributed by atoms with E-state index in [0.29, 0.717) is 0 Å². The van der Waals surface area contributed by atoms with Crippen LogP contribution in [0, 0.1) is 11.8 Å². The zero-order valence-corrected chi connectivity index (χ0v) is 10.9. The Balaban J connectivity index is 0. The van der Waals surface area contributed by atoms with Gasteiger partial charge in [-0.25, -0.2) is 11.5 Å². The second-order valence-corrected chi connectivity index (χ2v) is 5.20. The van der Waals surface area contributed by atoms with Crippen molar-refractivity contribution in [3.05, 3.63) is 0 Å². The van der Waals surface area contributed by atoms with E-state index < -0.39 is 0 Å². The first-order chi connectivity index (χ1) is 6.13. The highest BCUT2D eigenvalue weighted by molar-refractivity contribution is 7.99. The van der Waals surface area contributed by atoms with Gasteiger partial charge in [0.05, 0.1) is 0 Å². The van der Waals surface area contributed by atoms with Gasteiger partial charge in [-0.05, 0) is 36.2 Å². The molecule has 0 amide bonds. The Morgan fingerprint density at radius 2 is 1.23 bits per heavy atom. The van der Waals surface area contributed by atoms with Crippen molar-refractivity contribution in [2.24, 2.45) is 11.8 Å². The molecular formula is C10H22BClS. The molecule has 0 N–H and O–H groups in total. The minimum Gasteiger partial charge on any atom is -0.214 e. The second kappa shape index (κ2) is 12.7. The van der Waals surface area contributed by atoms with Crippen LogP contribution in [-0.2, 0) is 0 Å². The van der Waals surface area contributed by atoms with Crippen LogP contribution in [0.3, 0.4) is 0 Å². The van der Waals surface area contributed by atoms with Gasteiger partial charge in [-0.15, -0.1) is 0 Å². The van der Waals surface area contributed by atoms with Gasteiger partial charge in [0.2, 0.25) is 7.26 Å². The van der Waals surface area contributed by atoms with Gasteiger partial charge >= 0.3 is 0 Å². The average molecular weight is 221 g/mol. The quantitative estimate of drug-likeness (QED) is 0.479. The molecule has 0 atom stereocenters. The fourth-order valence-electron chi connectivity index (χ4n) is 0.740. The van der Waals surface area contributed by atoms with Gasteiger partial charge in [-0.3, -0.25) is 0 Å². The summed E-state index contributed by atoms with van der Waals surface area (Å²) in [6.07, 6.45) is 2.76. The van der Waals surface area contributed by atoms with Gasteiger partial charge in [0.15, 0.2) is 0 Å². The molecule has 13 heavy (non-hydrogen) atoms. The normalized spacial score (nSPS) is 10.1. The topological polar surface area (TPSA) is 0 Å². The average Bonchev–Trinajstić information content (AvgIpc) is 2.06. The van der Waals surface area contributed by atoms with Crippen molar-refractivity contribution in [2.75, 3.05) is 11.5 Å². The van der Waals surface area contributed by atoms with Crippen LogP contribution in [0.25, 0.3) is 0 Å². The van der Waals surface area contributed by atoms with Crippen molar-refractivity contribution in [3.8, 4) is 0 Å². The summed E-state index contributed by atoms with van der Waals surface area (Å²) in [5, 5.41) is 0. The first kappa shape index (κ1) is 16.1. The van der Waals surface area contributed by atoms with Crippen LogP contribution in [0.2, 0.25) is 0 Å². The molecule has 0 aliphatic rings. The lowest BCUT2D eigenvalue weighted by atomic mass is 10.2. The molecule has 0 aliphatic carbocycles. The SMILES string of the molecule is CC(C)CCSCCC(C)C.[B]Cl. The van der Waals surface area contributed by atoms with Crippen molar-refractivity contribution in [1.82, 2.24) is 0 Å². The summed E-state index contributed by atoms with van der Waals surface area (Å²) in [5.74, 6) is 4.46.